The number of nitrogens with two attached hydrogens (primary N) is 1. The van der Waals surface area contributed by atoms with Crippen LogP contribution in [0.2, 0.25) is 10.0 Å². The molecule has 0 saturated carbocycles. The molecule has 0 aliphatic carbocycles. The van der Waals surface area contributed by atoms with Crippen LogP contribution in [0.25, 0.3) is 6.08 Å². The summed E-state index contributed by atoms with van der Waals surface area (Å²) in [6.07, 6.45) is 2.76. The van der Waals surface area contributed by atoms with Crippen LogP contribution in [-0.4, -0.2) is 13.0 Å². The van der Waals surface area contributed by atoms with Crippen molar-refractivity contribution in [3.63, 3.8) is 0 Å². The van der Waals surface area contributed by atoms with Gasteiger partial charge in [-0.05, 0) is 23.8 Å². The number of hydrogen-bond donors (Lipinski definition) is 1. The molecule has 5 heteroatoms. The van der Waals surface area contributed by atoms with E-state index in [-0.39, 0.29) is 0 Å². The second kappa shape index (κ2) is 5.05. The Kier molecular flexibility index (Phi) is 4.00. The number of methoxy groups -OCH3 is 1. The zero-order valence-corrected chi connectivity index (χ0v) is 9.47. The van der Waals surface area contributed by atoms with E-state index >= 15 is 0 Å². The van der Waals surface area contributed by atoms with E-state index in [1.807, 2.05) is 0 Å². The maximum Gasteiger partial charge on any atom is 0.241 e. The van der Waals surface area contributed by atoms with Crippen LogP contribution in [0.1, 0.15) is 5.56 Å². The van der Waals surface area contributed by atoms with E-state index in [1.54, 1.807) is 12.1 Å². The largest absolute Gasteiger partial charge is 0.494 e. The van der Waals surface area contributed by atoms with Gasteiger partial charge in [0.2, 0.25) is 5.91 Å². The summed E-state index contributed by atoms with van der Waals surface area (Å²) < 4.78 is 4.98. The lowest BCUT2D eigenvalue weighted by molar-refractivity contribution is -0.113. The fraction of sp³-hybridized carbons (Fsp3) is 0.100. The number of rotatable bonds is 3. The number of hydrogen-bond acceptors (Lipinski definition) is 2. The van der Waals surface area contributed by atoms with Crippen LogP contribution in [-0.2, 0) is 4.79 Å². The zero-order chi connectivity index (χ0) is 11.4. The van der Waals surface area contributed by atoms with Gasteiger partial charge < -0.3 is 10.5 Å². The highest BCUT2D eigenvalue weighted by atomic mass is 35.5. The Morgan fingerprint density at radius 1 is 1.40 bits per heavy atom. The van der Waals surface area contributed by atoms with Crippen LogP contribution in [0, 0.1) is 0 Å². The first-order chi connectivity index (χ1) is 7.04. The number of ether oxygens (including phenoxy) is 1. The Morgan fingerprint density at radius 3 is 2.33 bits per heavy atom. The summed E-state index contributed by atoms with van der Waals surface area (Å²) in [5.41, 5.74) is 5.64. The summed E-state index contributed by atoms with van der Waals surface area (Å²) in [5.74, 6) is -0.118. The van der Waals surface area contributed by atoms with Crippen molar-refractivity contribution >= 4 is 35.2 Å². The lowest BCUT2D eigenvalue weighted by atomic mass is 10.2. The Balaban J connectivity index is 3.09. The van der Waals surface area contributed by atoms with Crippen molar-refractivity contribution in [2.75, 3.05) is 7.11 Å². The van der Waals surface area contributed by atoms with Crippen LogP contribution in [0.4, 0.5) is 0 Å². The van der Waals surface area contributed by atoms with Gasteiger partial charge in [-0.1, -0.05) is 23.2 Å². The van der Waals surface area contributed by atoms with Crippen LogP contribution >= 0.6 is 23.2 Å². The standard InChI is InChI=1S/C10H9Cl2NO2/c1-15-10-7(11)4-6(5-8(10)12)2-3-9(13)14/h2-5H,1H3,(H2,13,14). The van der Waals surface area contributed by atoms with Crippen molar-refractivity contribution in [1.29, 1.82) is 0 Å². The van der Waals surface area contributed by atoms with Gasteiger partial charge in [0.15, 0.2) is 5.75 Å². The first-order valence-electron chi connectivity index (χ1n) is 4.05. The van der Waals surface area contributed by atoms with Gasteiger partial charge in [0.05, 0.1) is 17.2 Å². The summed E-state index contributed by atoms with van der Waals surface area (Å²) in [6.45, 7) is 0. The van der Waals surface area contributed by atoms with Gasteiger partial charge in [-0.3, -0.25) is 4.79 Å². The molecule has 0 fully saturated rings. The molecule has 0 radical (unpaired) electrons. The maximum absolute atomic E-state index is 10.5. The number of primary amides is 1. The molecule has 1 aromatic rings. The monoisotopic (exact) mass is 245 g/mol. The first kappa shape index (κ1) is 11.9. The topological polar surface area (TPSA) is 52.3 Å². The molecule has 0 aromatic heterocycles. The highest BCUT2D eigenvalue weighted by Gasteiger charge is 2.06. The van der Waals surface area contributed by atoms with Gasteiger partial charge in [-0.2, -0.15) is 0 Å². The molecule has 1 aromatic carbocycles. The summed E-state index contributed by atoms with van der Waals surface area (Å²) in [4.78, 5) is 10.5. The molecule has 0 bridgehead atoms. The van der Waals surface area contributed by atoms with Gasteiger partial charge in [0.25, 0.3) is 0 Å². The minimum atomic E-state index is -0.530. The molecular weight excluding hydrogens is 237 g/mol. The fourth-order valence-corrected chi connectivity index (χ4v) is 1.71. The summed E-state index contributed by atoms with van der Waals surface area (Å²) in [7, 11) is 1.48. The number of amides is 1. The van der Waals surface area contributed by atoms with Gasteiger partial charge >= 0.3 is 0 Å². The van der Waals surface area contributed by atoms with Crippen molar-refractivity contribution in [2.45, 2.75) is 0 Å². The van der Waals surface area contributed by atoms with Crippen molar-refractivity contribution in [3.05, 3.63) is 33.8 Å². The summed E-state index contributed by atoms with van der Waals surface area (Å²) in [5, 5.41) is 0.767. The number of carbonyl (C=O) groups excluding carboxylic acids is 1. The fourth-order valence-electron chi connectivity index (χ4n) is 1.05. The van der Waals surface area contributed by atoms with Crippen molar-refractivity contribution in [3.8, 4) is 5.75 Å². The highest BCUT2D eigenvalue weighted by molar-refractivity contribution is 6.37. The minimum absolute atomic E-state index is 0.383. The van der Waals surface area contributed by atoms with Gasteiger partial charge in [0, 0.05) is 6.08 Å². The molecule has 0 aliphatic rings. The molecule has 80 valence electrons. The van der Waals surface area contributed by atoms with Crippen LogP contribution in [0.5, 0.6) is 5.75 Å². The summed E-state index contributed by atoms with van der Waals surface area (Å²) >= 11 is 11.8. The van der Waals surface area contributed by atoms with Gasteiger partial charge in [-0.25, -0.2) is 0 Å². The van der Waals surface area contributed by atoms with E-state index in [4.69, 9.17) is 33.7 Å². The van der Waals surface area contributed by atoms with Crippen LogP contribution in [0.15, 0.2) is 18.2 Å². The van der Waals surface area contributed by atoms with Crippen molar-refractivity contribution in [2.24, 2.45) is 5.73 Å². The predicted molar refractivity (Wildman–Crippen MR) is 61.2 cm³/mol. The average Bonchev–Trinajstić information content (AvgIpc) is 2.14. The highest BCUT2D eigenvalue weighted by Crippen LogP contribution is 2.34. The van der Waals surface area contributed by atoms with E-state index < -0.39 is 5.91 Å². The molecule has 0 saturated heterocycles. The Bertz CT molecular complexity index is 393. The SMILES string of the molecule is COc1c(Cl)cc(C=CC(N)=O)cc1Cl. The molecule has 0 unspecified atom stereocenters. The first-order valence-corrected chi connectivity index (χ1v) is 4.80. The van der Waals surface area contributed by atoms with Gasteiger partial charge in [-0.15, -0.1) is 0 Å². The van der Waals surface area contributed by atoms with Crippen molar-refractivity contribution in [1.82, 2.24) is 0 Å². The molecule has 0 atom stereocenters. The lowest BCUT2D eigenvalue weighted by Gasteiger charge is -2.06. The van der Waals surface area contributed by atoms with E-state index in [2.05, 4.69) is 0 Å². The molecule has 0 heterocycles. The Hall–Kier alpha value is -1.19. The van der Waals surface area contributed by atoms with E-state index in [0.717, 1.165) is 0 Å². The van der Waals surface area contributed by atoms with E-state index in [0.29, 0.717) is 21.4 Å². The quantitative estimate of drug-likeness (QED) is 0.833. The third-order valence-corrected chi connectivity index (χ3v) is 2.23. The van der Waals surface area contributed by atoms with Crippen molar-refractivity contribution < 1.29 is 9.53 Å². The molecule has 1 amide bonds. The Labute approximate surface area is 97.4 Å². The van der Waals surface area contributed by atoms with Gasteiger partial charge in [0.1, 0.15) is 0 Å². The molecule has 0 spiro atoms. The normalized spacial score (nSPS) is 10.6. The molecule has 0 aliphatic heterocycles. The number of carbonyl (C=O) groups is 1. The predicted octanol–water partition coefficient (Wildman–Crippen LogP) is 2.50. The number of halogens is 2. The number of benzene rings is 1. The lowest BCUT2D eigenvalue weighted by Crippen LogP contribution is -2.05. The smallest absolute Gasteiger partial charge is 0.241 e. The van der Waals surface area contributed by atoms with E-state index in [9.17, 15) is 4.79 Å². The minimum Gasteiger partial charge on any atom is -0.494 e. The van der Waals surface area contributed by atoms with E-state index in [1.165, 1.54) is 19.3 Å². The molecular formula is C10H9Cl2NO2. The third kappa shape index (κ3) is 3.15. The third-order valence-electron chi connectivity index (χ3n) is 1.66. The summed E-state index contributed by atoms with van der Waals surface area (Å²) in [6, 6.07) is 3.26. The maximum atomic E-state index is 10.5. The zero-order valence-electron chi connectivity index (χ0n) is 7.96. The Morgan fingerprint density at radius 2 is 1.93 bits per heavy atom. The van der Waals surface area contributed by atoms with Crippen LogP contribution < -0.4 is 10.5 Å². The molecule has 2 N–H and O–H groups in total. The molecule has 3 nitrogen and oxygen atoms in total. The second-order valence-electron chi connectivity index (χ2n) is 2.75. The van der Waals surface area contributed by atoms with Crippen LogP contribution in [0.3, 0.4) is 0 Å². The average molecular weight is 246 g/mol. The second-order valence-corrected chi connectivity index (χ2v) is 3.57. The molecule has 15 heavy (non-hydrogen) atoms. The molecule has 1 rings (SSSR count).